The largest absolute Gasteiger partial charge is 0.379 e. The minimum atomic E-state index is 0.532. The molecule has 1 saturated heterocycles. The van der Waals surface area contributed by atoms with Crippen LogP contribution >= 0.6 is 12.2 Å². The molecule has 1 aliphatic rings. The average Bonchev–Trinajstić information content (AvgIpc) is 2.30. The van der Waals surface area contributed by atoms with Crippen molar-refractivity contribution in [3.05, 3.63) is 27.5 Å². The van der Waals surface area contributed by atoms with E-state index in [1.54, 1.807) is 0 Å². The number of rotatable bonds is 0. The SMILES string of the molecule is CN1CCOCC1.Cc1cc(C)c(C#N)c(=S)[nH]1. The number of pyridine rings is 1. The second kappa shape index (κ2) is 7.27. The highest BCUT2D eigenvalue weighted by atomic mass is 32.1. The Balaban J connectivity index is 0.000000199. The molecule has 0 spiro atoms. The summed E-state index contributed by atoms with van der Waals surface area (Å²) in [5.74, 6) is 0. The van der Waals surface area contributed by atoms with E-state index in [-0.39, 0.29) is 0 Å². The fourth-order valence-corrected chi connectivity index (χ4v) is 2.01. The number of nitrogens with zero attached hydrogens (tertiary/aromatic N) is 2. The molecule has 18 heavy (non-hydrogen) atoms. The standard InChI is InChI=1S/C8H8N2S.C5H11NO/c1-5-3-6(2)10-8(11)7(5)4-9;1-6-2-4-7-5-3-6/h3H,1-2H3,(H,10,11);2-5H2,1H3. The van der Waals surface area contributed by atoms with Gasteiger partial charge in [-0.1, -0.05) is 12.2 Å². The van der Waals surface area contributed by atoms with Gasteiger partial charge in [0.2, 0.25) is 0 Å². The van der Waals surface area contributed by atoms with Gasteiger partial charge in [-0.3, -0.25) is 0 Å². The molecule has 1 N–H and O–H groups in total. The number of H-pyrrole nitrogens is 1. The third kappa shape index (κ3) is 4.57. The van der Waals surface area contributed by atoms with Crippen LogP contribution in [-0.4, -0.2) is 43.2 Å². The molecule has 1 aromatic rings. The number of morpholine rings is 1. The van der Waals surface area contributed by atoms with E-state index in [9.17, 15) is 0 Å². The summed E-state index contributed by atoms with van der Waals surface area (Å²) in [6, 6.07) is 3.97. The predicted octanol–water partition coefficient (Wildman–Crippen LogP) is 2.18. The molecule has 4 nitrogen and oxygen atoms in total. The highest BCUT2D eigenvalue weighted by Crippen LogP contribution is 2.07. The van der Waals surface area contributed by atoms with Gasteiger partial charge < -0.3 is 14.6 Å². The van der Waals surface area contributed by atoms with Crippen LogP contribution < -0.4 is 0 Å². The van der Waals surface area contributed by atoms with E-state index in [2.05, 4.69) is 23.0 Å². The molecule has 1 aliphatic heterocycles. The smallest absolute Gasteiger partial charge is 0.121 e. The van der Waals surface area contributed by atoms with Crippen LogP contribution in [-0.2, 0) is 4.74 Å². The first-order chi connectivity index (χ1) is 8.54. The number of ether oxygens (including phenoxy) is 1. The maximum atomic E-state index is 8.65. The number of aromatic nitrogens is 1. The summed E-state index contributed by atoms with van der Waals surface area (Å²) < 4.78 is 5.63. The van der Waals surface area contributed by atoms with Crippen LogP contribution in [0.3, 0.4) is 0 Å². The summed E-state index contributed by atoms with van der Waals surface area (Å²) in [5.41, 5.74) is 2.51. The fourth-order valence-electron chi connectivity index (χ4n) is 1.65. The quantitative estimate of drug-likeness (QED) is 0.731. The molecule has 98 valence electrons. The Morgan fingerprint density at radius 2 is 2.00 bits per heavy atom. The van der Waals surface area contributed by atoms with Gasteiger partial charge in [0.25, 0.3) is 0 Å². The maximum Gasteiger partial charge on any atom is 0.121 e. The van der Waals surface area contributed by atoms with Crippen LogP contribution in [0.5, 0.6) is 0 Å². The van der Waals surface area contributed by atoms with Crippen LogP contribution in [0.4, 0.5) is 0 Å². The Labute approximate surface area is 113 Å². The Hall–Kier alpha value is -1.22. The van der Waals surface area contributed by atoms with E-state index in [1.165, 1.54) is 0 Å². The number of hydrogen-bond acceptors (Lipinski definition) is 4. The van der Waals surface area contributed by atoms with Gasteiger partial charge in [0.05, 0.1) is 18.8 Å². The van der Waals surface area contributed by atoms with Gasteiger partial charge in [-0.05, 0) is 32.5 Å². The summed E-state index contributed by atoms with van der Waals surface area (Å²) in [7, 11) is 2.11. The van der Waals surface area contributed by atoms with Crippen molar-refractivity contribution in [3.8, 4) is 6.07 Å². The highest BCUT2D eigenvalue weighted by Gasteiger charge is 2.02. The second-order valence-electron chi connectivity index (χ2n) is 4.37. The molecule has 1 aromatic heterocycles. The van der Waals surface area contributed by atoms with Crippen molar-refractivity contribution >= 4 is 12.2 Å². The minimum Gasteiger partial charge on any atom is -0.379 e. The van der Waals surface area contributed by atoms with Gasteiger partial charge in [0, 0.05) is 18.8 Å². The zero-order valence-electron chi connectivity index (χ0n) is 11.1. The minimum absolute atomic E-state index is 0.532. The Morgan fingerprint density at radius 3 is 2.39 bits per heavy atom. The topological polar surface area (TPSA) is 52.0 Å². The van der Waals surface area contributed by atoms with Crippen molar-refractivity contribution in [3.63, 3.8) is 0 Å². The second-order valence-corrected chi connectivity index (χ2v) is 4.78. The lowest BCUT2D eigenvalue weighted by atomic mass is 10.1. The number of aryl methyl sites for hydroxylation is 2. The molecular formula is C13H19N3OS. The van der Waals surface area contributed by atoms with Crippen molar-refractivity contribution in [1.82, 2.24) is 9.88 Å². The van der Waals surface area contributed by atoms with Gasteiger partial charge in [-0.25, -0.2) is 0 Å². The molecule has 2 heterocycles. The summed E-state index contributed by atoms with van der Waals surface area (Å²) in [4.78, 5) is 5.19. The lowest BCUT2D eigenvalue weighted by molar-refractivity contribution is 0.0503. The van der Waals surface area contributed by atoms with Gasteiger partial charge >= 0.3 is 0 Å². The van der Waals surface area contributed by atoms with E-state index < -0.39 is 0 Å². The molecule has 0 atom stereocenters. The first kappa shape index (κ1) is 14.8. The third-order valence-electron chi connectivity index (χ3n) is 2.71. The molecule has 2 rings (SSSR count). The number of likely N-dealkylation sites (N-methyl/N-ethyl adjacent to an activating group) is 1. The number of nitriles is 1. The van der Waals surface area contributed by atoms with E-state index in [1.807, 2.05) is 19.9 Å². The molecule has 0 aliphatic carbocycles. The summed E-state index contributed by atoms with van der Waals surface area (Å²) in [6.45, 7) is 7.83. The van der Waals surface area contributed by atoms with Crippen LogP contribution in [0.2, 0.25) is 0 Å². The van der Waals surface area contributed by atoms with E-state index >= 15 is 0 Å². The number of nitrogens with one attached hydrogen (secondary N) is 1. The summed E-state index contributed by atoms with van der Waals surface area (Å²) >= 11 is 4.95. The lowest BCUT2D eigenvalue weighted by Crippen LogP contribution is -2.32. The Kier molecular flexibility index (Phi) is 5.99. The van der Waals surface area contributed by atoms with Gasteiger partial charge in [0.1, 0.15) is 10.7 Å². The average molecular weight is 265 g/mol. The van der Waals surface area contributed by atoms with Crippen molar-refractivity contribution < 1.29 is 4.74 Å². The zero-order valence-corrected chi connectivity index (χ0v) is 11.9. The van der Waals surface area contributed by atoms with Gasteiger partial charge in [0.15, 0.2) is 0 Å². The van der Waals surface area contributed by atoms with Gasteiger partial charge in [-0.2, -0.15) is 5.26 Å². The third-order valence-corrected chi connectivity index (χ3v) is 3.02. The van der Waals surface area contributed by atoms with E-state index in [0.717, 1.165) is 37.6 Å². The number of hydrogen-bond donors (Lipinski definition) is 1. The van der Waals surface area contributed by atoms with Crippen LogP contribution in [0, 0.1) is 29.8 Å². The molecule has 5 heteroatoms. The van der Waals surface area contributed by atoms with Crippen molar-refractivity contribution in [1.29, 1.82) is 5.26 Å². The molecule has 1 fully saturated rings. The molecule has 0 bridgehead atoms. The van der Waals surface area contributed by atoms with E-state index in [0.29, 0.717) is 10.2 Å². The molecule has 0 unspecified atom stereocenters. The molecular weight excluding hydrogens is 246 g/mol. The normalized spacial score (nSPS) is 15.4. The Bertz CT molecular complexity index is 484. The molecule has 0 aromatic carbocycles. The van der Waals surface area contributed by atoms with E-state index in [4.69, 9.17) is 22.2 Å². The maximum absolute atomic E-state index is 8.65. The highest BCUT2D eigenvalue weighted by molar-refractivity contribution is 7.71. The Morgan fingerprint density at radius 1 is 1.39 bits per heavy atom. The fraction of sp³-hybridized carbons (Fsp3) is 0.538. The van der Waals surface area contributed by atoms with Crippen LogP contribution in [0.1, 0.15) is 16.8 Å². The monoisotopic (exact) mass is 265 g/mol. The molecule has 0 amide bonds. The van der Waals surface area contributed by atoms with Gasteiger partial charge in [-0.15, -0.1) is 0 Å². The summed E-state index contributed by atoms with van der Waals surface area (Å²) in [5, 5.41) is 8.65. The zero-order chi connectivity index (χ0) is 13.5. The predicted molar refractivity (Wildman–Crippen MR) is 74.1 cm³/mol. The molecule has 0 saturated carbocycles. The number of aromatic amines is 1. The van der Waals surface area contributed by atoms with Crippen molar-refractivity contribution in [2.75, 3.05) is 33.4 Å². The van der Waals surface area contributed by atoms with Crippen molar-refractivity contribution in [2.24, 2.45) is 0 Å². The van der Waals surface area contributed by atoms with Crippen LogP contribution in [0.25, 0.3) is 0 Å². The first-order valence-corrected chi connectivity index (χ1v) is 6.32. The van der Waals surface area contributed by atoms with Crippen LogP contribution in [0.15, 0.2) is 6.07 Å². The lowest BCUT2D eigenvalue weighted by Gasteiger charge is -2.21. The van der Waals surface area contributed by atoms with Crippen molar-refractivity contribution in [2.45, 2.75) is 13.8 Å². The first-order valence-electron chi connectivity index (χ1n) is 5.91. The molecule has 0 radical (unpaired) electrons. The summed E-state index contributed by atoms with van der Waals surface area (Å²) in [6.07, 6.45) is 0.